The predicted molar refractivity (Wildman–Crippen MR) is 86.8 cm³/mol. The molecule has 0 aliphatic carbocycles. The molecular weight excluding hydrogens is 394 g/mol. The van der Waals surface area contributed by atoms with Gasteiger partial charge in [0.15, 0.2) is 6.23 Å². The van der Waals surface area contributed by atoms with Gasteiger partial charge in [-0.05, 0) is 49.4 Å². The number of halogens is 6. The molecule has 5 nitrogen and oxygen atoms in total. The van der Waals surface area contributed by atoms with Crippen LogP contribution >= 0.6 is 0 Å². The lowest BCUT2D eigenvalue weighted by Crippen LogP contribution is -2.39. The van der Waals surface area contributed by atoms with Gasteiger partial charge in [0.1, 0.15) is 11.5 Å². The molecule has 2 aromatic rings. The monoisotopic (exact) mass is 408 g/mol. The maximum Gasteiger partial charge on any atom is 0.416 e. The van der Waals surface area contributed by atoms with Gasteiger partial charge >= 0.3 is 18.4 Å². The van der Waals surface area contributed by atoms with E-state index in [0.29, 0.717) is 12.1 Å². The Morgan fingerprint density at radius 2 is 1.46 bits per heavy atom. The number of urea groups is 1. The molecule has 2 aromatic carbocycles. The van der Waals surface area contributed by atoms with E-state index in [2.05, 4.69) is 5.32 Å². The molecule has 0 saturated heterocycles. The number of ether oxygens (including phenoxy) is 1. The zero-order valence-electron chi connectivity index (χ0n) is 14.2. The number of phenols is 1. The molecule has 0 radical (unpaired) electrons. The molecule has 0 saturated carbocycles. The number of aromatic hydroxyl groups is 1. The van der Waals surface area contributed by atoms with Crippen molar-refractivity contribution in [3.05, 3.63) is 53.6 Å². The highest BCUT2D eigenvalue weighted by atomic mass is 19.4. The molecule has 2 amide bonds. The molecule has 0 aliphatic heterocycles. The average Bonchev–Trinajstić information content (AvgIpc) is 2.55. The highest BCUT2D eigenvalue weighted by Gasteiger charge is 2.37. The molecule has 2 rings (SSSR count). The van der Waals surface area contributed by atoms with Gasteiger partial charge in [0.2, 0.25) is 0 Å². The maximum absolute atomic E-state index is 12.8. The Kier molecular flexibility index (Phi) is 5.95. The van der Waals surface area contributed by atoms with E-state index < -0.39 is 41.4 Å². The summed E-state index contributed by atoms with van der Waals surface area (Å²) in [5.74, 6) is 0.250. The van der Waals surface area contributed by atoms with Crippen molar-refractivity contribution in [1.82, 2.24) is 5.32 Å². The Balaban J connectivity index is 2.10. The molecule has 11 heteroatoms. The number of alkyl halides is 6. The minimum atomic E-state index is -5.02. The van der Waals surface area contributed by atoms with Crippen molar-refractivity contribution < 1.29 is 41.0 Å². The van der Waals surface area contributed by atoms with Gasteiger partial charge < -0.3 is 20.5 Å². The summed E-state index contributed by atoms with van der Waals surface area (Å²) in [6.07, 6.45) is -11.0. The fourth-order valence-corrected chi connectivity index (χ4v) is 2.14. The standard InChI is InChI=1S/C17H14F6N2O3/c1-9(28-14-4-2-13(26)3-5-14)24-15(27)25-12-7-10(16(18,19)20)6-11(8-12)17(21,22)23/h2-9,26H,1H3,(H2,24,25,27). The van der Waals surface area contributed by atoms with Gasteiger partial charge in [0.05, 0.1) is 11.1 Å². The van der Waals surface area contributed by atoms with Crippen LogP contribution in [0, 0.1) is 0 Å². The second kappa shape index (κ2) is 7.87. The smallest absolute Gasteiger partial charge is 0.416 e. The van der Waals surface area contributed by atoms with E-state index in [9.17, 15) is 31.1 Å². The molecule has 0 aromatic heterocycles. The summed E-state index contributed by atoms with van der Waals surface area (Å²) in [5.41, 5.74) is -3.78. The Morgan fingerprint density at radius 1 is 0.964 bits per heavy atom. The van der Waals surface area contributed by atoms with Gasteiger partial charge in [-0.3, -0.25) is 0 Å². The lowest BCUT2D eigenvalue weighted by Gasteiger charge is -2.18. The Hall–Kier alpha value is -3.11. The van der Waals surface area contributed by atoms with Crippen LogP contribution in [0.25, 0.3) is 0 Å². The van der Waals surface area contributed by atoms with E-state index >= 15 is 0 Å². The molecule has 28 heavy (non-hydrogen) atoms. The predicted octanol–water partition coefficient (Wildman–Crippen LogP) is 4.98. The Labute approximate surface area is 154 Å². The molecule has 1 atom stereocenters. The van der Waals surface area contributed by atoms with Gasteiger partial charge in [-0.2, -0.15) is 26.3 Å². The lowest BCUT2D eigenvalue weighted by molar-refractivity contribution is -0.143. The van der Waals surface area contributed by atoms with Crippen LogP contribution in [0.1, 0.15) is 18.1 Å². The summed E-state index contributed by atoms with van der Waals surface area (Å²) in [6, 6.07) is 5.10. The van der Waals surface area contributed by atoms with Crippen LogP contribution in [0.4, 0.5) is 36.8 Å². The topological polar surface area (TPSA) is 70.6 Å². The van der Waals surface area contributed by atoms with E-state index in [0.717, 1.165) is 0 Å². The molecular formula is C17H14F6N2O3. The second-order valence-electron chi connectivity index (χ2n) is 5.65. The van der Waals surface area contributed by atoms with Gasteiger partial charge in [-0.25, -0.2) is 4.79 Å². The van der Waals surface area contributed by atoms with Crippen molar-refractivity contribution in [1.29, 1.82) is 0 Å². The number of benzene rings is 2. The number of rotatable bonds is 4. The fraction of sp³-hybridized carbons (Fsp3) is 0.235. The summed E-state index contributed by atoms with van der Waals surface area (Å²) in [6.45, 7) is 1.39. The fourth-order valence-electron chi connectivity index (χ4n) is 2.14. The number of hydrogen-bond donors (Lipinski definition) is 3. The number of carbonyl (C=O) groups is 1. The number of hydrogen-bond acceptors (Lipinski definition) is 3. The normalized spacial score (nSPS) is 13.0. The molecule has 0 aliphatic rings. The van der Waals surface area contributed by atoms with Gasteiger partial charge in [-0.15, -0.1) is 0 Å². The van der Waals surface area contributed by atoms with Crippen LogP contribution in [0.2, 0.25) is 0 Å². The minimum Gasteiger partial charge on any atom is -0.508 e. The third-order valence-electron chi connectivity index (χ3n) is 3.33. The van der Waals surface area contributed by atoms with Gasteiger partial charge in [0.25, 0.3) is 0 Å². The van der Waals surface area contributed by atoms with Crippen LogP contribution in [-0.4, -0.2) is 17.4 Å². The maximum atomic E-state index is 12.8. The van der Waals surface area contributed by atoms with Crippen molar-refractivity contribution in [2.45, 2.75) is 25.5 Å². The first kappa shape index (κ1) is 21.2. The number of amides is 2. The molecule has 0 spiro atoms. The largest absolute Gasteiger partial charge is 0.508 e. The zero-order chi connectivity index (χ0) is 21.1. The number of phenolic OH excluding ortho intramolecular Hbond substituents is 1. The number of nitrogens with one attached hydrogen (secondary N) is 2. The molecule has 3 N–H and O–H groups in total. The Morgan fingerprint density at radius 3 is 1.93 bits per heavy atom. The quantitative estimate of drug-likeness (QED) is 0.494. The zero-order valence-corrected chi connectivity index (χ0v) is 14.2. The van der Waals surface area contributed by atoms with Crippen molar-refractivity contribution in [3.8, 4) is 11.5 Å². The molecule has 0 heterocycles. The second-order valence-corrected chi connectivity index (χ2v) is 5.65. The third kappa shape index (κ3) is 5.96. The van der Waals surface area contributed by atoms with Gasteiger partial charge in [0, 0.05) is 5.69 Å². The minimum absolute atomic E-state index is 0.0179. The van der Waals surface area contributed by atoms with E-state index in [4.69, 9.17) is 9.84 Å². The molecule has 152 valence electrons. The van der Waals surface area contributed by atoms with Crippen molar-refractivity contribution in [3.63, 3.8) is 0 Å². The average molecular weight is 408 g/mol. The summed E-state index contributed by atoms with van der Waals surface area (Å²) in [7, 11) is 0. The molecule has 0 fully saturated rings. The summed E-state index contributed by atoms with van der Waals surface area (Å²) < 4.78 is 82.2. The van der Waals surface area contributed by atoms with Crippen LogP contribution in [0.5, 0.6) is 11.5 Å². The SMILES string of the molecule is CC(NC(=O)Nc1cc(C(F)(F)F)cc(C(F)(F)F)c1)Oc1ccc(O)cc1. The summed E-state index contributed by atoms with van der Waals surface area (Å²) >= 11 is 0. The first-order valence-electron chi connectivity index (χ1n) is 7.67. The number of anilines is 1. The van der Waals surface area contributed by atoms with Crippen LogP contribution < -0.4 is 15.4 Å². The highest BCUT2D eigenvalue weighted by molar-refractivity contribution is 5.89. The molecule has 0 bridgehead atoms. The lowest BCUT2D eigenvalue weighted by atomic mass is 10.1. The third-order valence-corrected chi connectivity index (χ3v) is 3.33. The van der Waals surface area contributed by atoms with Crippen molar-refractivity contribution in [2.75, 3.05) is 5.32 Å². The van der Waals surface area contributed by atoms with Crippen LogP contribution in [0.15, 0.2) is 42.5 Å². The van der Waals surface area contributed by atoms with E-state index in [-0.39, 0.29) is 17.6 Å². The van der Waals surface area contributed by atoms with Crippen LogP contribution in [0.3, 0.4) is 0 Å². The number of carbonyl (C=O) groups excluding carboxylic acids is 1. The van der Waals surface area contributed by atoms with E-state index in [1.807, 2.05) is 5.32 Å². The molecule has 1 unspecified atom stereocenters. The van der Waals surface area contributed by atoms with E-state index in [1.54, 1.807) is 0 Å². The van der Waals surface area contributed by atoms with E-state index in [1.165, 1.54) is 31.2 Å². The summed E-state index contributed by atoms with van der Waals surface area (Å²) in [5, 5.41) is 13.3. The first-order chi connectivity index (χ1) is 12.8. The Bertz CT molecular complexity index is 802. The first-order valence-corrected chi connectivity index (χ1v) is 7.67. The van der Waals surface area contributed by atoms with Crippen molar-refractivity contribution >= 4 is 11.7 Å². The van der Waals surface area contributed by atoms with Crippen molar-refractivity contribution in [2.24, 2.45) is 0 Å². The van der Waals surface area contributed by atoms with Gasteiger partial charge in [-0.1, -0.05) is 0 Å². The van der Waals surface area contributed by atoms with Crippen LogP contribution in [-0.2, 0) is 12.4 Å². The highest BCUT2D eigenvalue weighted by Crippen LogP contribution is 2.37. The summed E-state index contributed by atoms with van der Waals surface area (Å²) in [4.78, 5) is 11.9.